The van der Waals surface area contributed by atoms with Crippen molar-refractivity contribution in [1.82, 2.24) is 24.7 Å². The molecule has 8 heteroatoms. The smallest absolute Gasteiger partial charge is 0.183 e. The number of rotatable bonds is 6. The molecule has 1 N–H and O–H groups in total. The molecule has 0 aliphatic carbocycles. The fourth-order valence-corrected chi connectivity index (χ4v) is 3.95. The predicted molar refractivity (Wildman–Crippen MR) is 130 cm³/mol. The van der Waals surface area contributed by atoms with Crippen LogP contribution in [0.15, 0.2) is 73.2 Å². The molecule has 0 unspecified atom stereocenters. The zero-order valence-corrected chi connectivity index (χ0v) is 18.9. The van der Waals surface area contributed by atoms with Gasteiger partial charge >= 0.3 is 0 Å². The van der Waals surface area contributed by atoms with Crippen molar-refractivity contribution in [3.8, 4) is 17.3 Å². The third-order valence-corrected chi connectivity index (χ3v) is 5.67. The maximum atomic E-state index is 6.49. The molecule has 0 atom stereocenters. The molecular weight excluding hydrogens is 436 g/mol. The van der Waals surface area contributed by atoms with E-state index >= 15 is 0 Å². The van der Waals surface area contributed by atoms with Crippen molar-refractivity contribution in [1.29, 1.82) is 0 Å². The molecule has 0 saturated heterocycles. The van der Waals surface area contributed by atoms with Gasteiger partial charge in [-0.25, -0.2) is 9.97 Å². The molecule has 3 aromatic heterocycles. The van der Waals surface area contributed by atoms with Crippen molar-refractivity contribution in [2.75, 3.05) is 12.4 Å². The SMILES string of the molecule is COc1cnc(-c2nn(Cc3ccc(C)cc3Cl)c3ccccc23)nc1Nc1ccncc1. The van der Waals surface area contributed by atoms with Crippen molar-refractivity contribution < 1.29 is 4.74 Å². The number of anilines is 2. The molecular formula is C25H21ClN6O. The highest BCUT2D eigenvalue weighted by Gasteiger charge is 2.17. The van der Waals surface area contributed by atoms with Crippen LogP contribution in [0.3, 0.4) is 0 Å². The van der Waals surface area contributed by atoms with Crippen LogP contribution < -0.4 is 10.1 Å². The van der Waals surface area contributed by atoms with Crippen LogP contribution in [0.4, 0.5) is 11.5 Å². The normalized spacial score (nSPS) is 11.0. The molecule has 0 amide bonds. The molecule has 0 bridgehead atoms. The molecule has 3 heterocycles. The zero-order chi connectivity index (χ0) is 22.8. The average molecular weight is 457 g/mol. The molecule has 0 spiro atoms. The van der Waals surface area contributed by atoms with E-state index in [9.17, 15) is 0 Å². The first-order valence-corrected chi connectivity index (χ1v) is 10.8. The number of halogens is 1. The lowest BCUT2D eigenvalue weighted by Gasteiger charge is -2.10. The number of aromatic nitrogens is 5. The molecule has 0 radical (unpaired) electrons. The number of hydrogen-bond acceptors (Lipinski definition) is 6. The van der Waals surface area contributed by atoms with E-state index < -0.39 is 0 Å². The van der Waals surface area contributed by atoms with Gasteiger partial charge in [0.25, 0.3) is 0 Å². The summed E-state index contributed by atoms with van der Waals surface area (Å²) >= 11 is 6.49. The lowest BCUT2D eigenvalue weighted by molar-refractivity contribution is 0.413. The predicted octanol–water partition coefficient (Wildman–Crippen LogP) is 5.65. The Balaban J connectivity index is 1.58. The summed E-state index contributed by atoms with van der Waals surface area (Å²) in [5.74, 6) is 1.58. The highest BCUT2D eigenvalue weighted by Crippen LogP contribution is 2.31. The van der Waals surface area contributed by atoms with Crippen molar-refractivity contribution >= 4 is 34.0 Å². The van der Waals surface area contributed by atoms with E-state index in [1.807, 2.05) is 60.1 Å². The topological polar surface area (TPSA) is 77.8 Å². The van der Waals surface area contributed by atoms with E-state index in [2.05, 4.69) is 21.4 Å². The van der Waals surface area contributed by atoms with Crippen LogP contribution >= 0.6 is 11.6 Å². The van der Waals surface area contributed by atoms with E-state index in [1.165, 1.54) is 0 Å². The van der Waals surface area contributed by atoms with E-state index in [-0.39, 0.29) is 0 Å². The number of nitrogens with zero attached hydrogens (tertiary/aromatic N) is 5. The van der Waals surface area contributed by atoms with Gasteiger partial charge in [-0.15, -0.1) is 0 Å². The number of benzene rings is 2. The van der Waals surface area contributed by atoms with Gasteiger partial charge in [0.1, 0.15) is 5.69 Å². The van der Waals surface area contributed by atoms with Crippen molar-refractivity contribution in [2.24, 2.45) is 0 Å². The van der Waals surface area contributed by atoms with Gasteiger partial charge in [-0.1, -0.05) is 41.9 Å². The summed E-state index contributed by atoms with van der Waals surface area (Å²) in [6, 6.07) is 17.8. The highest BCUT2D eigenvalue weighted by molar-refractivity contribution is 6.31. The Morgan fingerprint density at radius 1 is 1.06 bits per heavy atom. The third kappa shape index (κ3) is 4.23. The standard InChI is InChI=1S/C25H21ClN6O/c1-16-7-8-17(20(26)13-16)15-32-21-6-4-3-5-19(21)23(31-32)25-28-14-22(33-2)24(30-25)29-18-9-11-27-12-10-18/h3-14H,15H2,1-2H3,(H,27,28,29,30). The van der Waals surface area contributed by atoms with Gasteiger partial charge in [0.15, 0.2) is 17.4 Å². The van der Waals surface area contributed by atoms with Gasteiger partial charge in [-0.3, -0.25) is 9.67 Å². The quantitative estimate of drug-likeness (QED) is 0.355. The summed E-state index contributed by atoms with van der Waals surface area (Å²) in [5.41, 5.74) is 4.63. The van der Waals surface area contributed by atoms with Crippen molar-refractivity contribution in [3.63, 3.8) is 0 Å². The minimum atomic E-state index is 0.498. The average Bonchev–Trinajstić information content (AvgIpc) is 3.20. The van der Waals surface area contributed by atoms with Gasteiger partial charge in [0.05, 0.1) is 25.4 Å². The molecule has 33 heavy (non-hydrogen) atoms. The Morgan fingerprint density at radius 2 is 1.88 bits per heavy atom. The van der Waals surface area contributed by atoms with Crippen LogP contribution in [0.1, 0.15) is 11.1 Å². The van der Waals surface area contributed by atoms with Gasteiger partial charge < -0.3 is 10.1 Å². The van der Waals surface area contributed by atoms with Gasteiger partial charge in [-0.05, 0) is 42.3 Å². The van der Waals surface area contributed by atoms with Crippen LogP contribution in [-0.2, 0) is 6.54 Å². The Hall–Kier alpha value is -3.97. The maximum absolute atomic E-state index is 6.49. The molecule has 0 saturated carbocycles. The van der Waals surface area contributed by atoms with Gasteiger partial charge in [-0.2, -0.15) is 5.10 Å². The van der Waals surface area contributed by atoms with Crippen molar-refractivity contribution in [3.05, 3.63) is 89.3 Å². The molecule has 5 rings (SSSR count). The van der Waals surface area contributed by atoms with E-state index in [0.717, 1.165) is 32.7 Å². The highest BCUT2D eigenvalue weighted by atomic mass is 35.5. The van der Waals surface area contributed by atoms with Crippen LogP contribution in [0, 0.1) is 6.92 Å². The number of fused-ring (bicyclic) bond motifs is 1. The van der Waals surface area contributed by atoms with Gasteiger partial charge in [0, 0.05) is 28.5 Å². The summed E-state index contributed by atoms with van der Waals surface area (Å²) in [6.07, 6.45) is 5.07. The number of ether oxygens (including phenoxy) is 1. The van der Waals surface area contributed by atoms with E-state index in [0.29, 0.717) is 29.6 Å². The largest absolute Gasteiger partial charge is 0.491 e. The Bertz CT molecular complexity index is 1430. The summed E-state index contributed by atoms with van der Waals surface area (Å²) in [6.45, 7) is 2.56. The maximum Gasteiger partial charge on any atom is 0.183 e. The van der Waals surface area contributed by atoms with Crippen LogP contribution in [0.5, 0.6) is 5.75 Å². The van der Waals surface area contributed by atoms with Crippen LogP contribution in [-0.4, -0.2) is 31.8 Å². The van der Waals surface area contributed by atoms with Crippen molar-refractivity contribution in [2.45, 2.75) is 13.5 Å². The molecule has 2 aromatic carbocycles. The fourth-order valence-electron chi connectivity index (χ4n) is 3.65. The lowest BCUT2D eigenvalue weighted by atomic mass is 10.1. The monoisotopic (exact) mass is 456 g/mol. The summed E-state index contributed by atoms with van der Waals surface area (Å²) in [7, 11) is 1.59. The number of methoxy groups -OCH3 is 1. The molecule has 0 fully saturated rings. The molecule has 5 aromatic rings. The first-order chi connectivity index (χ1) is 16.1. The Kier molecular flexibility index (Phi) is 5.62. The Morgan fingerprint density at radius 3 is 2.67 bits per heavy atom. The third-order valence-electron chi connectivity index (χ3n) is 5.32. The first-order valence-electron chi connectivity index (χ1n) is 10.4. The van der Waals surface area contributed by atoms with Crippen LogP contribution in [0.2, 0.25) is 5.02 Å². The molecule has 0 aliphatic rings. The molecule has 7 nitrogen and oxygen atoms in total. The minimum absolute atomic E-state index is 0.498. The number of nitrogens with one attached hydrogen (secondary N) is 1. The number of aryl methyl sites for hydroxylation is 1. The summed E-state index contributed by atoms with van der Waals surface area (Å²) < 4.78 is 7.39. The summed E-state index contributed by atoms with van der Waals surface area (Å²) in [5, 5.41) is 9.83. The van der Waals surface area contributed by atoms with E-state index in [4.69, 9.17) is 26.4 Å². The first kappa shape index (κ1) is 20.9. The number of pyridine rings is 1. The number of para-hydroxylation sites is 1. The van der Waals surface area contributed by atoms with Gasteiger partial charge in [0.2, 0.25) is 0 Å². The second-order valence-electron chi connectivity index (χ2n) is 7.59. The fraction of sp³-hybridized carbons (Fsp3) is 0.120. The van der Waals surface area contributed by atoms with E-state index in [1.54, 1.807) is 25.7 Å². The lowest BCUT2D eigenvalue weighted by Crippen LogP contribution is -2.04. The minimum Gasteiger partial charge on any atom is -0.491 e. The molecule has 0 aliphatic heterocycles. The Labute approximate surface area is 196 Å². The second-order valence-corrected chi connectivity index (χ2v) is 8.00. The molecule has 164 valence electrons. The van der Waals surface area contributed by atoms with Crippen LogP contribution in [0.25, 0.3) is 22.4 Å². The second kappa shape index (κ2) is 8.88. The zero-order valence-electron chi connectivity index (χ0n) is 18.2. The summed E-state index contributed by atoms with van der Waals surface area (Å²) in [4.78, 5) is 13.3. The number of hydrogen-bond donors (Lipinski definition) is 1.